The Kier molecular flexibility index (Phi) is 2.92. The predicted octanol–water partition coefficient (Wildman–Crippen LogP) is 3.99. The summed E-state index contributed by atoms with van der Waals surface area (Å²) < 4.78 is 0. The van der Waals surface area contributed by atoms with Crippen LogP contribution in [0.1, 0.15) is 5.01 Å². The van der Waals surface area contributed by atoms with Gasteiger partial charge in [0.2, 0.25) is 0 Å². The Bertz CT molecular complexity index is 543. The third-order valence-corrected chi connectivity index (χ3v) is 3.30. The van der Waals surface area contributed by atoms with E-state index in [4.69, 9.17) is 28.5 Å². The fourth-order valence-corrected chi connectivity index (χ4v) is 2.03. The Balaban J connectivity index is 2.46. The van der Waals surface area contributed by atoms with Crippen LogP contribution in [-0.4, -0.2) is 4.98 Å². The lowest BCUT2D eigenvalue weighted by Crippen LogP contribution is -1.79. The average Bonchev–Trinajstić information content (AvgIpc) is 2.70. The van der Waals surface area contributed by atoms with Gasteiger partial charge < -0.3 is 0 Å². The minimum Gasteiger partial charge on any atom is -0.226 e. The van der Waals surface area contributed by atoms with Crippen molar-refractivity contribution in [1.82, 2.24) is 4.98 Å². The molecule has 2 rings (SSSR count). The number of hydrogen-bond acceptors (Lipinski definition) is 3. The summed E-state index contributed by atoms with van der Waals surface area (Å²) in [4.78, 5) is 4.13. The Morgan fingerprint density at radius 1 is 1.27 bits per heavy atom. The lowest BCUT2D eigenvalue weighted by molar-refractivity contribution is 1.35. The van der Waals surface area contributed by atoms with Crippen molar-refractivity contribution < 1.29 is 0 Å². The van der Waals surface area contributed by atoms with Crippen LogP contribution in [0.4, 0.5) is 0 Å². The van der Waals surface area contributed by atoms with Crippen LogP contribution in [0, 0.1) is 11.3 Å². The number of nitrogens with zero attached hydrogens (tertiary/aromatic N) is 2. The molecule has 0 amide bonds. The van der Waals surface area contributed by atoms with Gasteiger partial charge in [-0.05, 0) is 12.1 Å². The standard InChI is InChI=1S/C10H4Cl2N2S/c11-7-2-1-6(3-8(7)12)9-5-15-10(4-13)14-9/h1-3,5H. The normalized spacial score (nSPS) is 9.93. The molecule has 1 aromatic heterocycles. The monoisotopic (exact) mass is 254 g/mol. The van der Waals surface area contributed by atoms with Crippen LogP contribution in [0.15, 0.2) is 23.6 Å². The van der Waals surface area contributed by atoms with E-state index in [0.29, 0.717) is 15.1 Å². The first kappa shape index (κ1) is 10.4. The van der Waals surface area contributed by atoms with Crippen LogP contribution in [0.5, 0.6) is 0 Å². The highest BCUT2D eigenvalue weighted by Crippen LogP contribution is 2.28. The fraction of sp³-hybridized carbons (Fsp3) is 0. The van der Waals surface area contributed by atoms with Crippen molar-refractivity contribution >= 4 is 34.5 Å². The fourth-order valence-electron chi connectivity index (χ4n) is 1.11. The number of benzene rings is 1. The molecule has 1 aromatic carbocycles. The van der Waals surface area contributed by atoms with E-state index in [2.05, 4.69) is 4.98 Å². The summed E-state index contributed by atoms with van der Waals surface area (Å²) in [5, 5.41) is 11.9. The van der Waals surface area contributed by atoms with Gasteiger partial charge in [-0.25, -0.2) is 4.98 Å². The van der Waals surface area contributed by atoms with Crippen LogP contribution in [0.25, 0.3) is 11.3 Å². The summed E-state index contributed by atoms with van der Waals surface area (Å²) in [7, 11) is 0. The molecule has 1 heterocycles. The second-order valence-corrected chi connectivity index (χ2v) is 4.45. The van der Waals surface area contributed by atoms with Crippen molar-refractivity contribution in [2.45, 2.75) is 0 Å². The van der Waals surface area contributed by atoms with Gasteiger partial charge >= 0.3 is 0 Å². The largest absolute Gasteiger partial charge is 0.226 e. The SMILES string of the molecule is N#Cc1nc(-c2ccc(Cl)c(Cl)c2)cs1. The smallest absolute Gasteiger partial charge is 0.194 e. The summed E-state index contributed by atoms with van der Waals surface area (Å²) >= 11 is 13.0. The molecular weight excluding hydrogens is 251 g/mol. The number of aromatic nitrogens is 1. The molecule has 2 aromatic rings. The highest BCUT2D eigenvalue weighted by Gasteiger charge is 2.05. The second-order valence-electron chi connectivity index (χ2n) is 2.78. The molecule has 0 radical (unpaired) electrons. The van der Waals surface area contributed by atoms with Crippen molar-refractivity contribution in [3.8, 4) is 17.3 Å². The summed E-state index contributed by atoms with van der Waals surface area (Å²) in [5.74, 6) is 0. The van der Waals surface area contributed by atoms with Crippen molar-refractivity contribution in [3.05, 3.63) is 38.6 Å². The average molecular weight is 255 g/mol. The minimum atomic E-state index is 0.441. The van der Waals surface area contributed by atoms with Crippen molar-refractivity contribution in [2.75, 3.05) is 0 Å². The first-order valence-corrected chi connectivity index (χ1v) is 5.65. The molecule has 2 nitrogen and oxygen atoms in total. The molecule has 0 N–H and O–H groups in total. The molecular formula is C10H4Cl2N2S. The summed E-state index contributed by atoms with van der Waals surface area (Å²) in [6.07, 6.45) is 0. The Morgan fingerprint density at radius 3 is 2.67 bits per heavy atom. The van der Waals surface area contributed by atoms with Gasteiger partial charge in [0.15, 0.2) is 5.01 Å². The molecule has 15 heavy (non-hydrogen) atoms. The van der Waals surface area contributed by atoms with E-state index in [1.807, 2.05) is 17.5 Å². The molecule has 0 aliphatic carbocycles. The molecule has 0 unspecified atom stereocenters. The first-order valence-electron chi connectivity index (χ1n) is 4.02. The van der Waals surface area contributed by atoms with Crippen LogP contribution in [0.3, 0.4) is 0 Å². The molecule has 0 bridgehead atoms. The summed E-state index contributed by atoms with van der Waals surface area (Å²) in [5.41, 5.74) is 1.61. The lowest BCUT2D eigenvalue weighted by atomic mass is 10.2. The Hall–Kier alpha value is -1.08. The van der Waals surface area contributed by atoms with Gasteiger partial charge in [0, 0.05) is 10.9 Å². The maximum atomic E-state index is 8.65. The molecule has 0 spiro atoms. The van der Waals surface area contributed by atoms with Crippen molar-refractivity contribution in [3.63, 3.8) is 0 Å². The van der Waals surface area contributed by atoms with Gasteiger partial charge in [-0.1, -0.05) is 29.3 Å². The molecule has 0 fully saturated rings. The quantitative estimate of drug-likeness (QED) is 0.772. The van der Waals surface area contributed by atoms with Crippen LogP contribution in [0.2, 0.25) is 10.0 Å². The summed E-state index contributed by atoms with van der Waals surface area (Å²) in [6, 6.07) is 7.26. The zero-order valence-corrected chi connectivity index (χ0v) is 9.70. The topological polar surface area (TPSA) is 36.7 Å². The highest BCUT2D eigenvalue weighted by molar-refractivity contribution is 7.10. The van der Waals surface area contributed by atoms with Gasteiger partial charge in [0.25, 0.3) is 0 Å². The number of nitriles is 1. The zero-order valence-electron chi connectivity index (χ0n) is 7.37. The van der Waals surface area contributed by atoms with E-state index in [-0.39, 0.29) is 0 Å². The van der Waals surface area contributed by atoms with E-state index >= 15 is 0 Å². The highest BCUT2D eigenvalue weighted by atomic mass is 35.5. The third-order valence-electron chi connectivity index (χ3n) is 1.82. The lowest BCUT2D eigenvalue weighted by Gasteiger charge is -1.98. The van der Waals surface area contributed by atoms with Gasteiger partial charge in [0.05, 0.1) is 15.7 Å². The number of rotatable bonds is 1. The van der Waals surface area contributed by atoms with Gasteiger partial charge in [-0.3, -0.25) is 0 Å². The zero-order chi connectivity index (χ0) is 10.8. The number of thiazole rings is 1. The molecule has 0 atom stereocenters. The third kappa shape index (κ3) is 2.13. The van der Waals surface area contributed by atoms with E-state index in [1.165, 1.54) is 11.3 Å². The molecule has 74 valence electrons. The van der Waals surface area contributed by atoms with Gasteiger partial charge in [-0.15, -0.1) is 11.3 Å². The maximum Gasteiger partial charge on any atom is 0.194 e. The van der Waals surface area contributed by atoms with Crippen LogP contribution < -0.4 is 0 Å². The second kappa shape index (κ2) is 4.19. The molecule has 0 aliphatic heterocycles. The Morgan fingerprint density at radius 2 is 2.07 bits per heavy atom. The first-order chi connectivity index (χ1) is 7.20. The van der Waals surface area contributed by atoms with E-state index in [9.17, 15) is 0 Å². The predicted molar refractivity (Wildman–Crippen MR) is 62.3 cm³/mol. The number of hydrogen-bond donors (Lipinski definition) is 0. The molecule has 0 aliphatic rings. The van der Waals surface area contributed by atoms with E-state index in [1.54, 1.807) is 12.1 Å². The van der Waals surface area contributed by atoms with Crippen molar-refractivity contribution in [1.29, 1.82) is 5.26 Å². The van der Waals surface area contributed by atoms with E-state index < -0.39 is 0 Å². The summed E-state index contributed by atoms with van der Waals surface area (Å²) in [6.45, 7) is 0. The van der Waals surface area contributed by atoms with E-state index in [0.717, 1.165) is 11.3 Å². The Labute approximate surface area is 101 Å². The molecule has 5 heteroatoms. The van der Waals surface area contributed by atoms with Gasteiger partial charge in [0.1, 0.15) is 6.07 Å². The molecule has 0 saturated carbocycles. The van der Waals surface area contributed by atoms with Crippen molar-refractivity contribution in [2.24, 2.45) is 0 Å². The van der Waals surface area contributed by atoms with Gasteiger partial charge in [-0.2, -0.15) is 5.26 Å². The van der Waals surface area contributed by atoms with Crippen LogP contribution >= 0.6 is 34.5 Å². The van der Waals surface area contributed by atoms with Crippen LogP contribution in [-0.2, 0) is 0 Å². The maximum absolute atomic E-state index is 8.65. The minimum absolute atomic E-state index is 0.441. The molecule has 0 saturated heterocycles. The number of halogens is 2.